The second-order valence-electron chi connectivity index (χ2n) is 5.87. The first-order valence-corrected chi connectivity index (χ1v) is 7.81. The molecule has 0 aliphatic heterocycles. The number of rotatable bonds is 5. The van der Waals surface area contributed by atoms with E-state index in [0.29, 0.717) is 0 Å². The summed E-state index contributed by atoms with van der Waals surface area (Å²) in [5.41, 5.74) is 1.72. The summed E-state index contributed by atoms with van der Waals surface area (Å²) in [6, 6.07) is 0.818. The predicted molar refractivity (Wildman–Crippen MR) is 75.2 cm³/mol. The highest BCUT2D eigenvalue weighted by atomic mass is 14.9. The first-order chi connectivity index (χ1) is 8.40. The van der Waals surface area contributed by atoms with Gasteiger partial charge in [0.1, 0.15) is 0 Å². The Morgan fingerprint density at radius 1 is 1.18 bits per heavy atom. The molecular formula is C16H29N. The van der Waals surface area contributed by atoms with Crippen molar-refractivity contribution >= 4 is 0 Å². The summed E-state index contributed by atoms with van der Waals surface area (Å²) in [6.45, 7) is 3.57. The van der Waals surface area contributed by atoms with Gasteiger partial charge in [-0.25, -0.2) is 0 Å². The number of allylic oxidation sites excluding steroid dienone is 1. The molecule has 0 radical (unpaired) electrons. The molecular weight excluding hydrogens is 206 g/mol. The van der Waals surface area contributed by atoms with Gasteiger partial charge in [-0.05, 0) is 57.4 Å². The van der Waals surface area contributed by atoms with Crippen LogP contribution in [0.4, 0.5) is 0 Å². The molecule has 2 rings (SSSR count). The topological polar surface area (TPSA) is 12.0 Å². The lowest BCUT2D eigenvalue weighted by atomic mass is 9.83. The first kappa shape index (κ1) is 13.1. The summed E-state index contributed by atoms with van der Waals surface area (Å²) in [5, 5.41) is 3.83. The fourth-order valence-electron chi connectivity index (χ4n) is 3.51. The number of nitrogens with one attached hydrogen (secondary N) is 1. The molecule has 0 aromatic heterocycles. The molecule has 1 nitrogen and oxygen atoms in total. The van der Waals surface area contributed by atoms with Crippen molar-refractivity contribution in [1.29, 1.82) is 0 Å². The van der Waals surface area contributed by atoms with Crippen molar-refractivity contribution in [3.05, 3.63) is 11.6 Å². The summed E-state index contributed by atoms with van der Waals surface area (Å²) in [7, 11) is 0. The molecule has 1 N–H and O–H groups in total. The fourth-order valence-corrected chi connectivity index (χ4v) is 3.51. The summed E-state index contributed by atoms with van der Waals surface area (Å²) in [4.78, 5) is 0. The van der Waals surface area contributed by atoms with E-state index in [4.69, 9.17) is 0 Å². The number of hydrogen-bond acceptors (Lipinski definition) is 1. The van der Waals surface area contributed by atoms with Gasteiger partial charge in [0.25, 0.3) is 0 Å². The highest BCUT2D eigenvalue weighted by Gasteiger charge is 2.22. The Hall–Kier alpha value is -0.300. The zero-order chi connectivity index (χ0) is 11.9. The molecule has 0 spiro atoms. The van der Waals surface area contributed by atoms with Gasteiger partial charge in [0.2, 0.25) is 0 Å². The monoisotopic (exact) mass is 235 g/mol. The maximum atomic E-state index is 3.83. The molecule has 17 heavy (non-hydrogen) atoms. The van der Waals surface area contributed by atoms with Gasteiger partial charge < -0.3 is 5.32 Å². The van der Waals surface area contributed by atoms with Gasteiger partial charge in [-0.3, -0.25) is 0 Å². The van der Waals surface area contributed by atoms with Gasteiger partial charge in [-0.15, -0.1) is 0 Å². The van der Waals surface area contributed by atoms with Crippen LogP contribution in [0.3, 0.4) is 0 Å². The smallest absolute Gasteiger partial charge is 0.00953 e. The predicted octanol–water partition coefficient (Wildman–Crippen LogP) is 4.44. The SMILES string of the molecule is CCC1CCCCC1NCCC1=CCCCC1. The van der Waals surface area contributed by atoms with Crippen LogP contribution in [0.15, 0.2) is 11.6 Å². The Balaban J connectivity index is 1.67. The zero-order valence-electron chi connectivity index (χ0n) is 11.5. The molecule has 98 valence electrons. The molecule has 1 heteroatoms. The molecule has 0 aromatic rings. The Kier molecular flexibility index (Phi) is 5.57. The van der Waals surface area contributed by atoms with Crippen LogP contribution in [0.1, 0.15) is 71.1 Å². The molecule has 1 saturated carbocycles. The lowest BCUT2D eigenvalue weighted by Crippen LogP contribution is -2.38. The molecule has 2 aliphatic carbocycles. The maximum absolute atomic E-state index is 3.83. The number of hydrogen-bond donors (Lipinski definition) is 1. The minimum atomic E-state index is 0.818. The van der Waals surface area contributed by atoms with Gasteiger partial charge in [-0.2, -0.15) is 0 Å². The third-order valence-corrected chi connectivity index (χ3v) is 4.67. The van der Waals surface area contributed by atoms with E-state index < -0.39 is 0 Å². The van der Waals surface area contributed by atoms with E-state index in [-0.39, 0.29) is 0 Å². The van der Waals surface area contributed by atoms with Crippen LogP contribution in [0.25, 0.3) is 0 Å². The molecule has 2 unspecified atom stereocenters. The average molecular weight is 235 g/mol. The van der Waals surface area contributed by atoms with Gasteiger partial charge in [0.05, 0.1) is 0 Å². The van der Waals surface area contributed by atoms with E-state index in [1.54, 1.807) is 5.57 Å². The lowest BCUT2D eigenvalue weighted by Gasteiger charge is -2.32. The van der Waals surface area contributed by atoms with Crippen molar-refractivity contribution in [1.82, 2.24) is 5.32 Å². The maximum Gasteiger partial charge on any atom is 0.00953 e. The molecule has 2 aliphatic rings. The van der Waals surface area contributed by atoms with E-state index in [1.807, 2.05) is 0 Å². The van der Waals surface area contributed by atoms with Gasteiger partial charge in [-0.1, -0.05) is 37.8 Å². The van der Waals surface area contributed by atoms with Crippen molar-refractivity contribution in [2.24, 2.45) is 5.92 Å². The van der Waals surface area contributed by atoms with Crippen LogP contribution in [-0.2, 0) is 0 Å². The van der Waals surface area contributed by atoms with E-state index in [1.165, 1.54) is 70.8 Å². The largest absolute Gasteiger partial charge is 0.313 e. The molecule has 0 amide bonds. The van der Waals surface area contributed by atoms with Gasteiger partial charge in [0, 0.05) is 6.04 Å². The molecule has 0 saturated heterocycles. The molecule has 2 atom stereocenters. The van der Waals surface area contributed by atoms with E-state index in [0.717, 1.165) is 12.0 Å². The third-order valence-electron chi connectivity index (χ3n) is 4.67. The summed E-state index contributed by atoms with van der Waals surface area (Å²) >= 11 is 0. The van der Waals surface area contributed by atoms with Crippen molar-refractivity contribution in [2.75, 3.05) is 6.54 Å². The Bertz CT molecular complexity index is 244. The summed E-state index contributed by atoms with van der Waals surface area (Å²) in [5.74, 6) is 0.948. The van der Waals surface area contributed by atoms with Crippen molar-refractivity contribution < 1.29 is 0 Å². The van der Waals surface area contributed by atoms with E-state index in [9.17, 15) is 0 Å². The van der Waals surface area contributed by atoms with Gasteiger partial charge in [0.15, 0.2) is 0 Å². The normalized spacial score (nSPS) is 30.1. The average Bonchev–Trinajstić information content (AvgIpc) is 2.40. The highest BCUT2D eigenvalue weighted by Crippen LogP contribution is 2.27. The van der Waals surface area contributed by atoms with E-state index >= 15 is 0 Å². The second-order valence-corrected chi connectivity index (χ2v) is 5.87. The lowest BCUT2D eigenvalue weighted by molar-refractivity contribution is 0.257. The van der Waals surface area contributed by atoms with Crippen LogP contribution in [0.2, 0.25) is 0 Å². The Morgan fingerprint density at radius 3 is 2.82 bits per heavy atom. The van der Waals surface area contributed by atoms with Crippen LogP contribution >= 0.6 is 0 Å². The summed E-state index contributed by atoms with van der Waals surface area (Å²) < 4.78 is 0. The van der Waals surface area contributed by atoms with Crippen LogP contribution in [-0.4, -0.2) is 12.6 Å². The summed E-state index contributed by atoms with van der Waals surface area (Å²) in [6.07, 6.45) is 16.5. The fraction of sp³-hybridized carbons (Fsp3) is 0.875. The minimum Gasteiger partial charge on any atom is -0.313 e. The van der Waals surface area contributed by atoms with Crippen molar-refractivity contribution in [3.8, 4) is 0 Å². The zero-order valence-corrected chi connectivity index (χ0v) is 11.5. The van der Waals surface area contributed by atoms with Crippen LogP contribution < -0.4 is 5.32 Å². The van der Waals surface area contributed by atoms with Crippen molar-refractivity contribution in [3.63, 3.8) is 0 Å². The quantitative estimate of drug-likeness (QED) is 0.695. The Labute approximate surface area is 107 Å². The highest BCUT2D eigenvalue weighted by molar-refractivity contribution is 5.05. The van der Waals surface area contributed by atoms with E-state index in [2.05, 4.69) is 18.3 Å². The molecule has 0 aromatic carbocycles. The Morgan fingerprint density at radius 2 is 2.06 bits per heavy atom. The van der Waals surface area contributed by atoms with Crippen LogP contribution in [0, 0.1) is 5.92 Å². The third kappa shape index (κ3) is 4.13. The molecule has 1 fully saturated rings. The molecule has 0 heterocycles. The second kappa shape index (κ2) is 7.20. The molecule has 0 bridgehead atoms. The standard InChI is InChI=1S/C16H29N/c1-2-15-10-6-7-11-16(15)17-13-12-14-8-4-3-5-9-14/h8,15-17H,2-7,9-13H2,1H3. The van der Waals surface area contributed by atoms with Crippen molar-refractivity contribution in [2.45, 2.75) is 77.2 Å². The first-order valence-electron chi connectivity index (χ1n) is 7.81. The van der Waals surface area contributed by atoms with Gasteiger partial charge >= 0.3 is 0 Å². The minimum absolute atomic E-state index is 0.818. The van der Waals surface area contributed by atoms with Crippen LogP contribution in [0.5, 0.6) is 0 Å².